The molecule has 0 aromatic rings. The summed E-state index contributed by atoms with van der Waals surface area (Å²) in [6, 6.07) is -0.658. The highest BCUT2D eigenvalue weighted by Gasteiger charge is 2.13. The highest BCUT2D eigenvalue weighted by atomic mass is 16.4. The average molecular weight is 254 g/mol. The van der Waals surface area contributed by atoms with Crippen LogP contribution in [0.4, 0.5) is 0 Å². The molecule has 0 aliphatic carbocycles. The molecule has 0 radical (unpaired) electrons. The minimum atomic E-state index is -0.784. The van der Waals surface area contributed by atoms with E-state index in [1.54, 1.807) is 0 Å². The van der Waals surface area contributed by atoms with Crippen LogP contribution in [0.25, 0.3) is 0 Å². The van der Waals surface area contributed by atoms with Gasteiger partial charge in [-0.1, -0.05) is 13.3 Å². The van der Waals surface area contributed by atoms with Gasteiger partial charge in [0.05, 0.1) is 6.04 Å². The van der Waals surface area contributed by atoms with Crippen LogP contribution in [0, 0.1) is 18.3 Å². The predicted molar refractivity (Wildman–Crippen MR) is 69.7 cm³/mol. The van der Waals surface area contributed by atoms with Crippen molar-refractivity contribution in [1.82, 2.24) is 5.32 Å². The van der Waals surface area contributed by atoms with Gasteiger partial charge in [-0.15, -0.1) is 12.3 Å². The highest BCUT2D eigenvalue weighted by Crippen LogP contribution is 2.14. The molecule has 0 heterocycles. The first-order chi connectivity index (χ1) is 8.51. The molecular weight excluding hydrogens is 232 g/mol. The number of carboxylic acid groups (broad SMARTS) is 1. The standard InChI is InChI=1S/C13H22N2O3/c1-3-5-11(14)13(18)15-9-8-10(4-2)6-7-12(16)17/h1,10-11H,4-9,14H2,2H3,(H,15,18)(H,16,17). The molecule has 1 amide bonds. The van der Waals surface area contributed by atoms with Gasteiger partial charge in [0.1, 0.15) is 0 Å². The van der Waals surface area contributed by atoms with Crippen LogP contribution in [0.15, 0.2) is 0 Å². The second-order valence-corrected chi connectivity index (χ2v) is 4.30. The molecule has 4 N–H and O–H groups in total. The van der Waals surface area contributed by atoms with Crippen LogP contribution in [-0.2, 0) is 9.59 Å². The lowest BCUT2D eigenvalue weighted by atomic mass is 9.96. The van der Waals surface area contributed by atoms with E-state index in [4.69, 9.17) is 17.3 Å². The van der Waals surface area contributed by atoms with Crippen LogP contribution in [0.3, 0.4) is 0 Å². The summed E-state index contributed by atoms with van der Waals surface area (Å²) in [6.45, 7) is 2.52. The summed E-state index contributed by atoms with van der Waals surface area (Å²) >= 11 is 0. The van der Waals surface area contributed by atoms with E-state index < -0.39 is 12.0 Å². The number of terminal acetylenes is 1. The molecular formula is C13H22N2O3. The molecule has 2 unspecified atom stereocenters. The summed E-state index contributed by atoms with van der Waals surface area (Å²) in [7, 11) is 0. The van der Waals surface area contributed by atoms with E-state index in [0.29, 0.717) is 18.9 Å². The summed E-state index contributed by atoms with van der Waals surface area (Å²) in [4.78, 5) is 21.9. The molecule has 5 heteroatoms. The van der Waals surface area contributed by atoms with Gasteiger partial charge in [0.15, 0.2) is 0 Å². The van der Waals surface area contributed by atoms with Crippen molar-refractivity contribution in [3.63, 3.8) is 0 Å². The van der Waals surface area contributed by atoms with Gasteiger partial charge < -0.3 is 16.2 Å². The minimum Gasteiger partial charge on any atom is -0.481 e. The number of carboxylic acids is 1. The number of rotatable bonds is 9. The van der Waals surface area contributed by atoms with Gasteiger partial charge in [0, 0.05) is 19.4 Å². The van der Waals surface area contributed by atoms with Crippen LogP contribution in [0.1, 0.15) is 39.0 Å². The average Bonchev–Trinajstić information content (AvgIpc) is 2.33. The van der Waals surface area contributed by atoms with Crippen molar-refractivity contribution >= 4 is 11.9 Å². The molecule has 0 saturated heterocycles. The number of aliphatic carboxylic acids is 1. The van der Waals surface area contributed by atoms with Crippen molar-refractivity contribution in [2.24, 2.45) is 11.7 Å². The first kappa shape index (κ1) is 16.5. The summed E-state index contributed by atoms with van der Waals surface area (Å²) in [5.74, 6) is 1.62. The topological polar surface area (TPSA) is 92.4 Å². The normalized spacial score (nSPS) is 13.4. The summed E-state index contributed by atoms with van der Waals surface area (Å²) < 4.78 is 0. The number of hydrogen-bond donors (Lipinski definition) is 3. The van der Waals surface area contributed by atoms with Crippen LogP contribution >= 0.6 is 0 Å². The van der Waals surface area contributed by atoms with E-state index in [2.05, 4.69) is 11.2 Å². The van der Waals surface area contributed by atoms with Gasteiger partial charge in [0.25, 0.3) is 0 Å². The largest absolute Gasteiger partial charge is 0.481 e. The molecule has 0 spiro atoms. The van der Waals surface area contributed by atoms with Crippen LogP contribution < -0.4 is 11.1 Å². The first-order valence-corrected chi connectivity index (χ1v) is 6.19. The molecule has 0 aliphatic heterocycles. The molecule has 2 atom stereocenters. The molecule has 0 aromatic heterocycles. The zero-order valence-corrected chi connectivity index (χ0v) is 10.8. The Morgan fingerprint density at radius 3 is 2.61 bits per heavy atom. The van der Waals surface area contributed by atoms with Crippen molar-refractivity contribution in [3.8, 4) is 12.3 Å². The molecule has 0 aliphatic rings. The van der Waals surface area contributed by atoms with E-state index in [0.717, 1.165) is 12.8 Å². The Morgan fingerprint density at radius 2 is 2.11 bits per heavy atom. The van der Waals surface area contributed by atoms with E-state index in [9.17, 15) is 9.59 Å². The zero-order chi connectivity index (χ0) is 14.0. The van der Waals surface area contributed by atoms with Crippen molar-refractivity contribution in [2.45, 2.75) is 45.1 Å². The quantitative estimate of drug-likeness (QED) is 0.529. The Balaban J connectivity index is 3.83. The van der Waals surface area contributed by atoms with Crippen LogP contribution in [0.2, 0.25) is 0 Å². The first-order valence-electron chi connectivity index (χ1n) is 6.19. The maximum Gasteiger partial charge on any atom is 0.303 e. The smallest absolute Gasteiger partial charge is 0.303 e. The Kier molecular flexibility index (Phi) is 8.67. The molecule has 5 nitrogen and oxygen atoms in total. The predicted octanol–water partition coefficient (Wildman–Crippen LogP) is 0.734. The third-order valence-corrected chi connectivity index (χ3v) is 2.87. The lowest BCUT2D eigenvalue weighted by Crippen LogP contribution is -2.41. The molecule has 0 saturated carbocycles. The third kappa shape index (κ3) is 7.69. The zero-order valence-electron chi connectivity index (χ0n) is 10.8. The number of amides is 1. The van der Waals surface area contributed by atoms with Gasteiger partial charge in [-0.25, -0.2) is 0 Å². The number of nitrogens with two attached hydrogens (primary N) is 1. The lowest BCUT2D eigenvalue weighted by molar-refractivity contribution is -0.137. The summed E-state index contributed by atoms with van der Waals surface area (Å²) in [5.41, 5.74) is 5.54. The minimum absolute atomic E-state index is 0.170. The summed E-state index contributed by atoms with van der Waals surface area (Å²) in [6.07, 6.45) is 7.76. The van der Waals surface area contributed by atoms with E-state index >= 15 is 0 Å². The monoisotopic (exact) mass is 254 g/mol. The second kappa shape index (κ2) is 9.49. The number of carbonyl (C=O) groups is 2. The van der Waals surface area contributed by atoms with Crippen molar-refractivity contribution in [1.29, 1.82) is 0 Å². The Morgan fingerprint density at radius 1 is 1.44 bits per heavy atom. The van der Waals surface area contributed by atoms with Crippen LogP contribution in [0.5, 0.6) is 0 Å². The van der Waals surface area contributed by atoms with E-state index in [1.165, 1.54) is 0 Å². The summed E-state index contributed by atoms with van der Waals surface area (Å²) in [5, 5.41) is 11.3. The van der Waals surface area contributed by atoms with Crippen LogP contribution in [-0.4, -0.2) is 29.6 Å². The number of nitrogens with one attached hydrogen (secondary N) is 1. The van der Waals surface area contributed by atoms with Gasteiger partial charge in [0.2, 0.25) is 5.91 Å². The van der Waals surface area contributed by atoms with E-state index in [1.807, 2.05) is 6.92 Å². The van der Waals surface area contributed by atoms with Gasteiger partial charge in [-0.05, 0) is 18.8 Å². The molecule has 0 rings (SSSR count). The van der Waals surface area contributed by atoms with Crippen molar-refractivity contribution in [2.75, 3.05) is 6.54 Å². The fourth-order valence-electron chi connectivity index (χ4n) is 1.63. The maximum atomic E-state index is 11.4. The number of hydrogen-bond acceptors (Lipinski definition) is 3. The third-order valence-electron chi connectivity index (χ3n) is 2.87. The molecule has 0 bridgehead atoms. The van der Waals surface area contributed by atoms with E-state index in [-0.39, 0.29) is 18.7 Å². The molecule has 18 heavy (non-hydrogen) atoms. The Hall–Kier alpha value is -1.54. The Bertz CT molecular complexity index is 310. The fraction of sp³-hybridized carbons (Fsp3) is 0.692. The Labute approximate surface area is 108 Å². The van der Waals surface area contributed by atoms with Gasteiger partial charge in [-0.3, -0.25) is 9.59 Å². The van der Waals surface area contributed by atoms with Gasteiger partial charge >= 0.3 is 5.97 Å². The maximum absolute atomic E-state index is 11.4. The molecule has 0 fully saturated rings. The molecule has 102 valence electrons. The fourth-order valence-corrected chi connectivity index (χ4v) is 1.63. The SMILES string of the molecule is C#CCC(N)C(=O)NCCC(CC)CCC(=O)O. The van der Waals surface area contributed by atoms with Gasteiger partial charge in [-0.2, -0.15) is 0 Å². The lowest BCUT2D eigenvalue weighted by Gasteiger charge is -2.15. The second-order valence-electron chi connectivity index (χ2n) is 4.30. The number of carbonyl (C=O) groups excluding carboxylic acids is 1. The molecule has 0 aromatic carbocycles. The van der Waals surface area contributed by atoms with Crippen molar-refractivity contribution in [3.05, 3.63) is 0 Å². The van der Waals surface area contributed by atoms with Crippen molar-refractivity contribution < 1.29 is 14.7 Å². The highest BCUT2D eigenvalue weighted by molar-refractivity contribution is 5.81.